The molecule has 16 heavy (non-hydrogen) atoms. The van der Waals surface area contributed by atoms with Crippen LogP contribution in [0.3, 0.4) is 0 Å². The van der Waals surface area contributed by atoms with Crippen molar-refractivity contribution >= 4 is 23.2 Å². The summed E-state index contributed by atoms with van der Waals surface area (Å²) in [5.74, 6) is 1.39. The monoisotopic (exact) mass is 264 g/mol. The quantitative estimate of drug-likeness (QED) is 0.515. The van der Waals surface area contributed by atoms with E-state index in [1.807, 2.05) is 0 Å². The average Bonchev–Trinajstić information content (AvgIpc) is 2.29. The minimum absolute atomic E-state index is 0.693. The van der Waals surface area contributed by atoms with Crippen molar-refractivity contribution < 1.29 is 0 Å². The van der Waals surface area contributed by atoms with Crippen molar-refractivity contribution in [2.45, 2.75) is 12.8 Å². The largest absolute Gasteiger partial charge is 0.302 e. The summed E-state index contributed by atoms with van der Waals surface area (Å²) in [6.07, 6.45) is 4.75. The molecule has 0 bridgehead atoms. The first-order valence-electron chi connectivity index (χ1n) is 5.97. The van der Waals surface area contributed by atoms with E-state index >= 15 is 0 Å². The van der Waals surface area contributed by atoms with E-state index in [1.54, 1.807) is 5.57 Å². The lowest BCUT2D eigenvalue weighted by Crippen LogP contribution is -2.30. The van der Waals surface area contributed by atoms with Crippen molar-refractivity contribution in [1.29, 1.82) is 0 Å². The van der Waals surface area contributed by atoms with Crippen LogP contribution in [0.1, 0.15) is 12.8 Å². The van der Waals surface area contributed by atoms with Gasteiger partial charge in [-0.15, -0.1) is 23.2 Å². The van der Waals surface area contributed by atoms with E-state index in [0.29, 0.717) is 11.8 Å². The van der Waals surface area contributed by atoms with Crippen LogP contribution in [-0.2, 0) is 0 Å². The summed E-state index contributed by atoms with van der Waals surface area (Å²) in [7, 11) is 2.17. The third-order valence-corrected chi connectivity index (χ3v) is 3.39. The molecule has 0 aromatic carbocycles. The Balaban J connectivity index is 2.25. The van der Waals surface area contributed by atoms with Crippen molar-refractivity contribution in [2.24, 2.45) is 0 Å². The second kappa shape index (κ2) is 8.35. The van der Waals surface area contributed by atoms with Crippen molar-refractivity contribution in [1.82, 2.24) is 9.80 Å². The maximum atomic E-state index is 5.77. The third-order valence-electron chi connectivity index (χ3n) is 3.06. The minimum Gasteiger partial charge on any atom is -0.302 e. The van der Waals surface area contributed by atoms with Crippen LogP contribution in [0.2, 0.25) is 0 Å². The number of halogens is 2. The van der Waals surface area contributed by atoms with E-state index in [-0.39, 0.29) is 0 Å². The summed E-state index contributed by atoms with van der Waals surface area (Å²) >= 11 is 11.5. The van der Waals surface area contributed by atoms with Crippen LogP contribution in [-0.4, -0.2) is 61.3 Å². The highest BCUT2D eigenvalue weighted by atomic mass is 35.5. The van der Waals surface area contributed by atoms with Gasteiger partial charge in [-0.1, -0.05) is 11.6 Å². The summed E-state index contributed by atoms with van der Waals surface area (Å²) in [6, 6.07) is 0. The lowest BCUT2D eigenvalue weighted by Gasteiger charge is -2.25. The molecule has 0 saturated carbocycles. The molecule has 2 nitrogen and oxygen atoms in total. The molecular formula is C12H22Cl2N2. The van der Waals surface area contributed by atoms with E-state index in [0.717, 1.165) is 26.2 Å². The molecule has 1 heterocycles. The van der Waals surface area contributed by atoms with Crippen LogP contribution in [0.15, 0.2) is 11.6 Å². The highest BCUT2D eigenvalue weighted by Crippen LogP contribution is 2.13. The summed E-state index contributed by atoms with van der Waals surface area (Å²) in [5, 5.41) is 0. The van der Waals surface area contributed by atoms with Crippen LogP contribution in [0, 0.1) is 0 Å². The third kappa shape index (κ3) is 5.53. The van der Waals surface area contributed by atoms with E-state index < -0.39 is 0 Å². The van der Waals surface area contributed by atoms with Gasteiger partial charge >= 0.3 is 0 Å². The molecule has 0 atom stereocenters. The van der Waals surface area contributed by atoms with Crippen molar-refractivity contribution in [3.8, 4) is 0 Å². The molecular weight excluding hydrogens is 243 g/mol. The fraction of sp³-hybridized carbons (Fsp3) is 0.833. The first kappa shape index (κ1) is 14.3. The molecule has 0 aromatic rings. The van der Waals surface area contributed by atoms with Gasteiger partial charge in [0.1, 0.15) is 0 Å². The highest BCUT2D eigenvalue weighted by Gasteiger charge is 2.09. The van der Waals surface area contributed by atoms with Gasteiger partial charge in [-0.3, -0.25) is 0 Å². The normalized spacial score (nSPS) is 17.9. The molecule has 0 spiro atoms. The maximum absolute atomic E-state index is 5.77. The Labute approximate surface area is 109 Å². The molecule has 0 unspecified atom stereocenters. The van der Waals surface area contributed by atoms with Gasteiger partial charge in [0.2, 0.25) is 0 Å². The zero-order valence-electron chi connectivity index (χ0n) is 10.1. The van der Waals surface area contributed by atoms with Gasteiger partial charge in [-0.25, -0.2) is 0 Å². The molecule has 1 aliphatic rings. The molecule has 94 valence electrons. The van der Waals surface area contributed by atoms with Gasteiger partial charge in [-0.05, 0) is 19.9 Å². The molecule has 0 fully saturated rings. The SMILES string of the molecule is CN1CC=C(CCN(CCCl)CCCl)CC1. The lowest BCUT2D eigenvalue weighted by atomic mass is 10.1. The Morgan fingerprint density at radius 2 is 1.94 bits per heavy atom. The van der Waals surface area contributed by atoms with Gasteiger partial charge in [-0.2, -0.15) is 0 Å². The smallest absolute Gasteiger partial charge is 0.0351 e. The Morgan fingerprint density at radius 1 is 1.25 bits per heavy atom. The molecule has 0 amide bonds. The van der Waals surface area contributed by atoms with Gasteiger partial charge in [0.25, 0.3) is 0 Å². The van der Waals surface area contributed by atoms with Gasteiger partial charge in [0.15, 0.2) is 0 Å². The zero-order chi connectivity index (χ0) is 11.8. The van der Waals surface area contributed by atoms with E-state index in [9.17, 15) is 0 Å². The molecule has 0 saturated heterocycles. The number of nitrogens with zero attached hydrogens (tertiary/aromatic N) is 2. The minimum atomic E-state index is 0.693. The Morgan fingerprint density at radius 3 is 2.44 bits per heavy atom. The first-order chi connectivity index (χ1) is 7.76. The Bertz CT molecular complexity index is 213. The lowest BCUT2D eigenvalue weighted by molar-refractivity contribution is 0.303. The number of hydrogen-bond acceptors (Lipinski definition) is 2. The van der Waals surface area contributed by atoms with Crippen LogP contribution < -0.4 is 0 Å². The molecule has 0 radical (unpaired) electrons. The summed E-state index contributed by atoms with van der Waals surface area (Å²) in [6.45, 7) is 5.27. The standard InChI is InChI=1S/C12H22Cl2N2/c1-15-7-2-12(3-8-15)4-9-16(10-5-13)11-6-14/h2H,3-11H2,1H3. The Hall–Kier alpha value is 0.240. The average molecular weight is 265 g/mol. The summed E-state index contributed by atoms with van der Waals surface area (Å²) < 4.78 is 0. The number of hydrogen-bond donors (Lipinski definition) is 0. The predicted octanol–water partition coefficient (Wildman–Crippen LogP) is 2.42. The van der Waals surface area contributed by atoms with Crippen LogP contribution in [0.5, 0.6) is 0 Å². The molecule has 0 aromatic heterocycles. The molecule has 0 N–H and O–H groups in total. The van der Waals surface area contributed by atoms with E-state index in [1.165, 1.54) is 19.4 Å². The summed E-state index contributed by atoms with van der Waals surface area (Å²) in [5.41, 5.74) is 1.59. The first-order valence-corrected chi connectivity index (χ1v) is 7.04. The van der Waals surface area contributed by atoms with Gasteiger partial charge in [0.05, 0.1) is 0 Å². The topological polar surface area (TPSA) is 6.48 Å². The van der Waals surface area contributed by atoms with Gasteiger partial charge in [0, 0.05) is 44.5 Å². The van der Waals surface area contributed by atoms with Crippen LogP contribution in [0.25, 0.3) is 0 Å². The maximum Gasteiger partial charge on any atom is 0.0351 e. The van der Waals surface area contributed by atoms with Gasteiger partial charge < -0.3 is 9.80 Å². The van der Waals surface area contributed by atoms with E-state index in [2.05, 4.69) is 22.9 Å². The van der Waals surface area contributed by atoms with Crippen molar-refractivity contribution in [2.75, 3.05) is 51.5 Å². The number of alkyl halides is 2. The second-order valence-electron chi connectivity index (χ2n) is 4.34. The predicted molar refractivity (Wildman–Crippen MR) is 72.7 cm³/mol. The van der Waals surface area contributed by atoms with Crippen LogP contribution in [0.4, 0.5) is 0 Å². The van der Waals surface area contributed by atoms with Crippen LogP contribution >= 0.6 is 23.2 Å². The molecule has 0 aliphatic carbocycles. The fourth-order valence-electron chi connectivity index (χ4n) is 1.92. The van der Waals surface area contributed by atoms with E-state index in [4.69, 9.17) is 23.2 Å². The Kier molecular flexibility index (Phi) is 7.46. The summed E-state index contributed by atoms with van der Waals surface area (Å²) in [4.78, 5) is 4.69. The zero-order valence-corrected chi connectivity index (χ0v) is 11.6. The second-order valence-corrected chi connectivity index (χ2v) is 5.10. The molecule has 4 heteroatoms. The highest BCUT2D eigenvalue weighted by molar-refractivity contribution is 6.18. The molecule has 1 rings (SSSR count). The van der Waals surface area contributed by atoms with Crippen molar-refractivity contribution in [3.05, 3.63) is 11.6 Å². The fourth-order valence-corrected chi connectivity index (χ4v) is 2.39. The number of likely N-dealkylation sites (N-methyl/N-ethyl adjacent to an activating group) is 1. The van der Waals surface area contributed by atoms with Crippen molar-refractivity contribution in [3.63, 3.8) is 0 Å². The number of rotatable bonds is 7. The molecule has 1 aliphatic heterocycles.